The number of halogens is 1. The van der Waals surface area contributed by atoms with Crippen LogP contribution in [-0.4, -0.2) is 36.6 Å². The molecule has 0 N–H and O–H groups in total. The molecule has 8 heteroatoms. The third kappa shape index (κ3) is 4.92. The summed E-state index contributed by atoms with van der Waals surface area (Å²) in [5, 5.41) is 0.433. The molecule has 2 aliphatic rings. The zero-order chi connectivity index (χ0) is 24.5. The Morgan fingerprint density at radius 2 is 1.50 bits per heavy atom. The lowest BCUT2D eigenvalue weighted by molar-refractivity contribution is -0.122. The molecule has 0 radical (unpaired) electrons. The molecule has 1 atom stereocenters. The van der Waals surface area contributed by atoms with Gasteiger partial charge in [-0.3, -0.25) is 9.59 Å². The van der Waals surface area contributed by atoms with Gasteiger partial charge in [-0.05, 0) is 60.7 Å². The summed E-state index contributed by atoms with van der Waals surface area (Å²) < 4.78 is 29.1. The Bertz CT molecular complexity index is 1140. The molecule has 1 heterocycles. The van der Waals surface area contributed by atoms with E-state index in [0.717, 1.165) is 36.1 Å². The van der Waals surface area contributed by atoms with Gasteiger partial charge in [0.15, 0.2) is 0 Å². The Hall–Kier alpha value is -2.22. The second-order valence-corrected chi connectivity index (χ2v) is 11.7. The first-order valence-electron chi connectivity index (χ1n) is 12.0. The van der Waals surface area contributed by atoms with E-state index in [9.17, 15) is 18.0 Å². The highest BCUT2D eigenvalue weighted by atomic mass is 35.5. The molecule has 4 rings (SSSR count). The fourth-order valence-electron chi connectivity index (χ4n) is 4.95. The van der Waals surface area contributed by atoms with Crippen LogP contribution in [0.1, 0.15) is 70.3 Å². The number of nitrogens with zero attached hydrogens (tertiary/aromatic N) is 2. The Labute approximate surface area is 206 Å². The van der Waals surface area contributed by atoms with Gasteiger partial charge in [-0.15, -0.1) is 0 Å². The van der Waals surface area contributed by atoms with Crippen LogP contribution < -0.4 is 4.90 Å². The topological polar surface area (TPSA) is 74.8 Å². The third-order valence-corrected chi connectivity index (χ3v) is 9.05. The maximum atomic E-state index is 13.9. The standard InChI is InChI=1S/C26H31ClN2O4S/c1-18(2)19-9-13-21(14-10-19)28-25(30)17-24(26(28)31)29(22-7-5-3-4-6-8-22)34(32,33)23-15-11-20(27)12-16-23/h9-16,18,22,24H,3-8,17H2,1-2H3. The number of benzene rings is 2. The number of amides is 2. The van der Waals surface area contributed by atoms with Gasteiger partial charge in [0, 0.05) is 11.1 Å². The van der Waals surface area contributed by atoms with Crippen LogP contribution in [0.25, 0.3) is 0 Å². The smallest absolute Gasteiger partial charge is 0.252 e. The van der Waals surface area contributed by atoms with Crippen molar-refractivity contribution in [1.82, 2.24) is 4.31 Å². The lowest BCUT2D eigenvalue weighted by atomic mass is 10.0. The van der Waals surface area contributed by atoms with Crippen molar-refractivity contribution < 1.29 is 18.0 Å². The average Bonchev–Trinajstić information content (AvgIpc) is 2.96. The van der Waals surface area contributed by atoms with E-state index in [1.54, 1.807) is 12.1 Å². The number of rotatable bonds is 6. The zero-order valence-corrected chi connectivity index (χ0v) is 21.2. The van der Waals surface area contributed by atoms with Gasteiger partial charge in [-0.1, -0.05) is 63.3 Å². The number of anilines is 1. The lowest BCUT2D eigenvalue weighted by Crippen LogP contribution is -2.50. The molecule has 1 unspecified atom stereocenters. The molecule has 34 heavy (non-hydrogen) atoms. The zero-order valence-electron chi connectivity index (χ0n) is 19.6. The first-order chi connectivity index (χ1) is 16.2. The van der Waals surface area contributed by atoms with E-state index in [0.29, 0.717) is 29.5 Å². The molecule has 0 bridgehead atoms. The van der Waals surface area contributed by atoms with E-state index in [2.05, 4.69) is 13.8 Å². The van der Waals surface area contributed by atoms with Crippen LogP contribution in [-0.2, 0) is 19.6 Å². The molecule has 1 saturated heterocycles. The molecule has 0 aromatic heterocycles. The van der Waals surface area contributed by atoms with Crippen LogP contribution in [0.2, 0.25) is 5.02 Å². The van der Waals surface area contributed by atoms with Crippen molar-refractivity contribution in [2.45, 2.75) is 81.7 Å². The maximum absolute atomic E-state index is 13.9. The number of carbonyl (C=O) groups is 2. The first-order valence-corrected chi connectivity index (χ1v) is 13.8. The van der Waals surface area contributed by atoms with E-state index in [4.69, 9.17) is 11.6 Å². The van der Waals surface area contributed by atoms with Gasteiger partial charge in [0.25, 0.3) is 5.91 Å². The van der Waals surface area contributed by atoms with Crippen LogP contribution in [0.3, 0.4) is 0 Å². The van der Waals surface area contributed by atoms with Crippen molar-refractivity contribution in [2.75, 3.05) is 4.90 Å². The predicted molar refractivity (Wildman–Crippen MR) is 133 cm³/mol. The molecule has 2 aromatic carbocycles. The fraction of sp³-hybridized carbons (Fsp3) is 0.462. The number of imide groups is 1. The van der Waals surface area contributed by atoms with Crippen LogP contribution in [0, 0.1) is 0 Å². The summed E-state index contributed by atoms with van der Waals surface area (Å²) >= 11 is 5.98. The minimum atomic E-state index is -4.02. The van der Waals surface area contributed by atoms with Crippen molar-refractivity contribution >= 4 is 39.1 Å². The highest BCUT2D eigenvalue weighted by molar-refractivity contribution is 7.89. The van der Waals surface area contributed by atoms with Crippen molar-refractivity contribution in [3.05, 3.63) is 59.1 Å². The van der Waals surface area contributed by atoms with Crippen LogP contribution in [0.5, 0.6) is 0 Å². The number of hydrogen-bond donors (Lipinski definition) is 0. The van der Waals surface area contributed by atoms with Gasteiger partial charge in [-0.2, -0.15) is 4.31 Å². The Kier molecular flexibility index (Phi) is 7.45. The second kappa shape index (κ2) is 10.2. The summed E-state index contributed by atoms with van der Waals surface area (Å²) in [5.74, 6) is -0.539. The largest absolute Gasteiger partial charge is 0.274 e. The minimum absolute atomic E-state index is 0.0844. The van der Waals surface area contributed by atoms with E-state index in [1.807, 2.05) is 12.1 Å². The monoisotopic (exact) mass is 502 g/mol. The summed E-state index contributed by atoms with van der Waals surface area (Å²) in [4.78, 5) is 27.9. The SMILES string of the molecule is CC(C)c1ccc(N2C(=O)CC(N(C3CCCCCC3)S(=O)(=O)c3ccc(Cl)cc3)C2=O)cc1. The molecule has 1 aliphatic heterocycles. The van der Waals surface area contributed by atoms with Crippen molar-refractivity contribution in [1.29, 1.82) is 0 Å². The molecule has 1 aliphatic carbocycles. The van der Waals surface area contributed by atoms with Gasteiger partial charge in [0.1, 0.15) is 6.04 Å². The fourth-order valence-corrected chi connectivity index (χ4v) is 6.91. The van der Waals surface area contributed by atoms with Crippen LogP contribution >= 0.6 is 11.6 Å². The van der Waals surface area contributed by atoms with Gasteiger partial charge in [0.2, 0.25) is 15.9 Å². The molecule has 2 aromatic rings. The summed E-state index contributed by atoms with van der Waals surface area (Å²) in [5.41, 5.74) is 1.58. The van der Waals surface area contributed by atoms with Gasteiger partial charge in [0.05, 0.1) is 17.0 Å². The van der Waals surface area contributed by atoms with Crippen LogP contribution in [0.15, 0.2) is 53.4 Å². The molecule has 1 saturated carbocycles. The summed E-state index contributed by atoms with van der Waals surface area (Å²) in [7, 11) is -4.02. The van der Waals surface area contributed by atoms with Gasteiger partial charge < -0.3 is 0 Å². The molecule has 0 spiro atoms. The quantitative estimate of drug-likeness (QED) is 0.385. The van der Waals surface area contributed by atoms with Crippen molar-refractivity contribution in [3.8, 4) is 0 Å². The normalized spacial score (nSPS) is 20.4. The van der Waals surface area contributed by atoms with E-state index < -0.39 is 22.0 Å². The summed E-state index contributed by atoms with van der Waals surface area (Å²) in [6.07, 6.45) is 5.06. The highest BCUT2D eigenvalue weighted by Gasteiger charge is 2.49. The summed E-state index contributed by atoms with van der Waals surface area (Å²) in [6.45, 7) is 4.15. The van der Waals surface area contributed by atoms with Crippen molar-refractivity contribution in [3.63, 3.8) is 0 Å². The average molecular weight is 503 g/mol. The predicted octanol–water partition coefficient (Wildman–Crippen LogP) is 5.51. The summed E-state index contributed by atoms with van der Waals surface area (Å²) in [6, 6.07) is 11.9. The van der Waals surface area contributed by atoms with E-state index in [1.165, 1.54) is 28.6 Å². The Morgan fingerprint density at radius 1 is 0.912 bits per heavy atom. The molecule has 182 valence electrons. The number of hydrogen-bond acceptors (Lipinski definition) is 4. The maximum Gasteiger partial charge on any atom is 0.252 e. The lowest BCUT2D eigenvalue weighted by Gasteiger charge is -2.33. The van der Waals surface area contributed by atoms with E-state index in [-0.39, 0.29) is 23.3 Å². The van der Waals surface area contributed by atoms with Crippen molar-refractivity contribution in [2.24, 2.45) is 0 Å². The Morgan fingerprint density at radius 3 is 2.06 bits per heavy atom. The highest BCUT2D eigenvalue weighted by Crippen LogP contribution is 2.35. The molecular formula is C26H31ClN2O4S. The van der Waals surface area contributed by atoms with Gasteiger partial charge in [-0.25, -0.2) is 13.3 Å². The third-order valence-electron chi connectivity index (χ3n) is 6.82. The van der Waals surface area contributed by atoms with E-state index >= 15 is 0 Å². The Balaban J connectivity index is 1.71. The first kappa shape index (κ1) is 24.9. The second-order valence-electron chi connectivity index (χ2n) is 9.47. The van der Waals surface area contributed by atoms with Crippen LogP contribution in [0.4, 0.5) is 5.69 Å². The number of sulfonamides is 1. The minimum Gasteiger partial charge on any atom is -0.274 e. The van der Waals surface area contributed by atoms with Gasteiger partial charge >= 0.3 is 0 Å². The number of carbonyl (C=O) groups excluding carboxylic acids is 2. The molecule has 2 amide bonds. The molecular weight excluding hydrogens is 472 g/mol. The molecule has 6 nitrogen and oxygen atoms in total. The molecule has 2 fully saturated rings.